The lowest BCUT2D eigenvalue weighted by Gasteiger charge is -2.26. The van der Waals surface area contributed by atoms with Crippen LogP contribution in [-0.4, -0.2) is 68.7 Å². The number of hydrogen-bond donors (Lipinski definition) is 2. The minimum atomic E-state index is -0.634. The fourth-order valence-corrected chi connectivity index (χ4v) is 4.44. The third-order valence-electron chi connectivity index (χ3n) is 6.62. The maximum Gasteiger partial charge on any atom is 0.339 e. The molecule has 10 nitrogen and oxygen atoms in total. The number of nitrogens with one attached hydrogen (secondary N) is 2. The molecule has 0 saturated carbocycles. The zero-order valence-electron chi connectivity index (χ0n) is 23.5. The van der Waals surface area contributed by atoms with Crippen molar-refractivity contribution < 1.29 is 32.5 Å². The van der Waals surface area contributed by atoms with Crippen molar-refractivity contribution in [1.82, 2.24) is 15.3 Å². The van der Waals surface area contributed by atoms with E-state index < -0.39 is 17.7 Å². The lowest BCUT2D eigenvalue weighted by molar-refractivity contribution is 0.0357. The number of carbonyl (C=O) groups is 1. The van der Waals surface area contributed by atoms with Crippen molar-refractivity contribution in [2.75, 3.05) is 51.9 Å². The molecule has 1 aliphatic heterocycles. The zero-order chi connectivity index (χ0) is 30.0. The second kappa shape index (κ2) is 14.4. The van der Waals surface area contributed by atoms with E-state index in [2.05, 4.69) is 25.7 Å². The maximum absolute atomic E-state index is 15.0. The van der Waals surface area contributed by atoms with Crippen LogP contribution < -0.4 is 25.0 Å². The van der Waals surface area contributed by atoms with Crippen LogP contribution in [0.15, 0.2) is 72.0 Å². The molecule has 1 fully saturated rings. The van der Waals surface area contributed by atoms with E-state index >= 15 is 0 Å². The molecule has 1 aliphatic rings. The number of amides is 2. The Bertz CT molecular complexity index is 1580. The highest BCUT2D eigenvalue weighted by molar-refractivity contribution is 5.90. The van der Waals surface area contributed by atoms with Gasteiger partial charge in [-0.15, -0.1) is 0 Å². The van der Waals surface area contributed by atoms with Crippen LogP contribution in [-0.2, 0) is 4.74 Å². The summed E-state index contributed by atoms with van der Waals surface area (Å²) >= 11 is 0. The van der Waals surface area contributed by atoms with Gasteiger partial charge in [0.05, 0.1) is 38.7 Å². The predicted octanol–water partition coefficient (Wildman–Crippen LogP) is 5.57. The molecule has 5 rings (SSSR count). The molecule has 1 saturated heterocycles. The first kappa shape index (κ1) is 29.7. The standard InChI is InChI=1S/C31H31F2N5O5/c1-40-29-18-24-26(19-30(29)42-14-2-11-38-12-15-41-16-13-38)34-10-9-27(24)43-28-8-3-21(17-25(28)33)20-35-37-31(39)36-23-6-4-22(32)5-7-23/h3-10,17-20H,2,11-16H2,1H3,(H2,36,37,39)/b35-20+. The Morgan fingerprint density at radius 3 is 2.60 bits per heavy atom. The van der Waals surface area contributed by atoms with E-state index in [0.29, 0.717) is 46.0 Å². The first-order valence-electron chi connectivity index (χ1n) is 13.7. The molecule has 2 N–H and O–H groups in total. The predicted molar refractivity (Wildman–Crippen MR) is 158 cm³/mol. The van der Waals surface area contributed by atoms with Crippen LogP contribution in [0.2, 0.25) is 0 Å². The third-order valence-corrected chi connectivity index (χ3v) is 6.62. The number of nitrogens with zero attached hydrogens (tertiary/aromatic N) is 3. The van der Waals surface area contributed by atoms with E-state index in [4.69, 9.17) is 18.9 Å². The molecule has 0 atom stereocenters. The van der Waals surface area contributed by atoms with Gasteiger partial charge in [-0.25, -0.2) is 19.0 Å². The topological polar surface area (TPSA) is 107 Å². The van der Waals surface area contributed by atoms with Crippen molar-refractivity contribution in [1.29, 1.82) is 0 Å². The number of pyridine rings is 1. The fraction of sp³-hybridized carbons (Fsp3) is 0.258. The molecule has 0 radical (unpaired) electrons. The van der Waals surface area contributed by atoms with Crippen LogP contribution in [0.3, 0.4) is 0 Å². The lowest BCUT2D eigenvalue weighted by Crippen LogP contribution is -2.37. The largest absolute Gasteiger partial charge is 0.493 e. The Labute approximate surface area is 247 Å². The fourth-order valence-electron chi connectivity index (χ4n) is 4.44. The molecule has 224 valence electrons. The van der Waals surface area contributed by atoms with Crippen molar-refractivity contribution in [2.45, 2.75) is 6.42 Å². The summed E-state index contributed by atoms with van der Waals surface area (Å²) in [5.41, 5.74) is 3.66. The molecule has 2 amide bonds. The van der Waals surface area contributed by atoms with Gasteiger partial charge in [0.15, 0.2) is 23.1 Å². The average molecular weight is 592 g/mol. The average Bonchev–Trinajstić information content (AvgIpc) is 3.02. The minimum absolute atomic E-state index is 0.00549. The molecule has 3 aromatic carbocycles. The van der Waals surface area contributed by atoms with E-state index in [1.165, 1.54) is 42.6 Å². The Balaban J connectivity index is 1.20. The number of rotatable bonds is 11. The summed E-state index contributed by atoms with van der Waals surface area (Å²) in [6.45, 7) is 4.82. The maximum atomic E-state index is 15.0. The highest BCUT2D eigenvalue weighted by Crippen LogP contribution is 2.37. The zero-order valence-corrected chi connectivity index (χ0v) is 23.5. The number of anilines is 1. The molecule has 4 aromatic rings. The quantitative estimate of drug-likeness (QED) is 0.133. The van der Waals surface area contributed by atoms with Crippen LogP contribution in [0.1, 0.15) is 12.0 Å². The number of fused-ring (bicyclic) bond motifs is 1. The van der Waals surface area contributed by atoms with Gasteiger partial charge < -0.3 is 24.3 Å². The van der Waals surface area contributed by atoms with Gasteiger partial charge in [-0.2, -0.15) is 5.10 Å². The first-order chi connectivity index (χ1) is 21.0. The molecule has 1 aromatic heterocycles. The van der Waals surface area contributed by atoms with Gasteiger partial charge in [-0.1, -0.05) is 0 Å². The molecule has 12 heteroatoms. The summed E-state index contributed by atoms with van der Waals surface area (Å²) in [6, 6.07) is 14.1. The van der Waals surface area contributed by atoms with Gasteiger partial charge >= 0.3 is 6.03 Å². The summed E-state index contributed by atoms with van der Waals surface area (Å²) in [5, 5.41) is 6.95. The van der Waals surface area contributed by atoms with Gasteiger partial charge in [0.2, 0.25) is 0 Å². The minimum Gasteiger partial charge on any atom is -0.493 e. The van der Waals surface area contributed by atoms with Crippen molar-refractivity contribution in [2.24, 2.45) is 5.10 Å². The smallest absolute Gasteiger partial charge is 0.339 e. The number of morpholine rings is 1. The van der Waals surface area contributed by atoms with Crippen molar-refractivity contribution >= 4 is 28.8 Å². The summed E-state index contributed by atoms with van der Waals surface area (Å²) in [7, 11) is 1.56. The number of aromatic nitrogens is 1. The second-order valence-corrected chi connectivity index (χ2v) is 9.61. The lowest BCUT2D eigenvalue weighted by atomic mass is 10.1. The summed E-state index contributed by atoms with van der Waals surface area (Å²) in [5.74, 6) is 0.420. The van der Waals surface area contributed by atoms with Gasteiger partial charge in [-0.05, 0) is 66.6 Å². The molecule has 2 heterocycles. The number of urea groups is 1. The number of methoxy groups -OCH3 is 1. The molecule has 0 unspecified atom stereocenters. The molecule has 43 heavy (non-hydrogen) atoms. The Morgan fingerprint density at radius 1 is 1.02 bits per heavy atom. The number of halogens is 2. The summed E-state index contributed by atoms with van der Waals surface area (Å²) < 4.78 is 50.9. The van der Waals surface area contributed by atoms with Crippen LogP contribution in [0.4, 0.5) is 19.3 Å². The van der Waals surface area contributed by atoms with E-state index in [-0.39, 0.29) is 5.75 Å². The van der Waals surface area contributed by atoms with Gasteiger partial charge in [0.25, 0.3) is 0 Å². The number of ether oxygens (including phenoxy) is 4. The summed E-state index contributed by atoms with van der Waals surface area (Å²) in [4.78, 5) is 18.7. The second-order valence-electron chi connectivity index (χ2n) is 9.61. The van der Waals surface area contributed by atoms with E-state index in [9.17, 15) is 13.6 Å². The van der Waals surface area contributed by atoms with Crippen LogP contribution in [0, 0.1) is 11.6 Å². The highest BCUT2D eigenvalue weighted by atomic mass is 19.1. The van der Waals surface area contributed by atoms with Crippen LogP contribution in [0.5, 0.6) is 23.0 Å². The van der Waals surface area contributed by atoms with Crippen LogP contribution in [0.25, 0.3) is 10.9 Å². The molecule has 0 aliphatic carbocycles. The molecular formula is C31H31F2N5O5. The van der Waals surface area contributed by atoms with E-state index in [1.807, 2.05) is 0 Å². The number of carbonyl (C=O) groups excluding carboxylic acids is 1. The Morgan fingerprint density at radius 2 is 1.84 bits per heavy atom. The third kappa shape index (κ3) is 8.15. The highest BCUT2D eigenvalue weighted by Gasteiger charge is 2.15. The van der Waals surface area contributed by atoms with E-state index in [1.54, 1.807) is 37.6 Å². The van der Waals surface area contributed by atoms with Crippen LogP contribution >= 0.6 is 0 Å². The normalized spacial score (nSPS) is 13.7. The van der Waals surface area contributed by atoms with Gasteiger partial charge in [0, 0.05) is 43.0 Å². The van der Waals surface area contributed by atoms with Crippen molar-refractivity contribution in [3.05, 3.63) is 84.1 Å². The van der Waals surface area contributed by atoms with Gasteiger partial charge in [-0.3, -0.25) is 9.88 Å². The monoisotopic (exact) mass is 591 g/mol. The molecule has 0 spiro atoms. The van der Waals surface area contributed by atoms with Gasteiger partial charge in [0.1, 0.15) is 11.6 Å². The van der Waals surface area contributed by atoms with E-state index in [0.717, 1.165) is 39.3 Å². The number of benzene rings is 3. The Kier molecular flexibility index (Phi) is 9.93. The SMILES string of the molecule is COc1cc2c(Oc3ccc(/C=N/NC(=O)Nc4ccc(F)cc4)cc3F)ccnc2cc1OCCCN1CCOCC1. The Hall–Kier alpha value is -4.81. The summed E-state index contributed by atoms with van der Waals surface area (Å²) in [6.07, 6.45) is 3.72. The number of hydrazone groups is 1. The van der Waals surface area contributed by atoms with Crippen molar-refractivity contribution in [3.8, 4) is 23.0 Å². The molecular weight excluding hydrogens is 560 g/mol. The molecule has 0 bridgehead atoms. The van der Waals surface area contributed by atoms with Crippen molar-refractivity contribution in [3.63, 3.8) is 0 Å². The first-order valence-corrected chi connectivity index (χ1v) is 13.7. The number of hydrogen-bond acceptors (Lipinski definition) is 8.